The van der Waals surface area contributed by atoms with Crippen molar-refractivity contribution in [3.05, 3.63) is 33.4 Å². The fraction of sp³-hybridized carbons (Fsp3) is 0.611. The maximum atomic E-state index is 12.7. The smallest absolute Gasteiger partial charge is 0.311 e. The summed E-state index contributed by atoms with van der Waals surface area (Å²) in [5.41, 5.74) is 1.29. The second-order valence-electron chi connectivity index (χ2n) is 6.87. The first-order chi connectivity index (χ1) is 10.5. The summed E-state index contributed by atoms with van der Waals surface area (Å²) < 4.78 is 6.83. The molecule has 0 aliphatic carbocycles. The molecule has 2 aliphatic heterocycles. The minimum Gasteiger partial charge on any atom is -0.463 e. The van der Waals surface area contributed by atoms with E-state index in [1.807, 2.05) is 13.8 Å². The van der Waals surface area contributed by atoms with Gasteiger partial charge in [0.15, 0.2) is 0 Å². The Morgan fingerprint density at radius 1 is 1.26 bits per heavy atom. The summed E-state index contributed by atoms with van der Waals surface area (Å²) >= 11 is 2.33. The van der Waals surface area contributed by atoms with Crippen LogP contribution in [0, 0.1) is 9.49 Å². The van der Waals surface area contributed by atoms with Gasteiger partial charge >= 0.3 is 5.97 Å². The topological polar surface area (TPSA) is 29.5 Å². The number of nitrogens with zero attached hydrogens (tertiary/aromatic N) is 1. The third-order valence-electron chi connectivity index (χ3n) is 5.19. The number of hydrogen-bond donors (Lipinski definition) is 0. The highest BCUT2D eigenvalue weighted by molar-refractivity contribution is 14.1. The van der Waals surface area contributed by atoms with Crippen LogP contribution in [0.1, 0.15) is 44.6 Å². The van der Waals surface area contributed by atoms with E-state index in [1.165, 1.54) is 15.6 Å². The van der Waals surface area contributed by atoms with Gasteiger partial charge in [-0.25, -0.2) is 0 Å². The van der Waals surface area contributed by atoms with Gasteiger partial charge in [0.1, 0.15) is 0 Å². The number of carbonyl (C=O) groups is 1. The van der Waals surface area contributed by atoms with Crippen molar-refractivity contribution in [1.82, 2.24) is 4.90 Å². The van der Waals surface area contributed by atoms with E-state index < -0.39 is 0 Å². The molecule has 1 aromatic rings. The largest absolute Gasteiger partial charge is 0.463 e. The molecule has 0 N–H and O–H groups in total. The predicted octanol–water partition coefficient (Wildman–Crippen LogP) is 4.23. The average Bonchev–Trinajstić information content (AvgIpc) is 2.71. The molecule has 0 aromatic heterocycles. The molecule has 3 nitrogen and oxygen atoms in total. The van der Waals surface area contributed by atoms with Crippen molar-refractivity contribution >= 4 is 41.0 Å². The maximum absolute atomic E-state index is 12.7. The number of carbonyl (C=O) groups excluding carboxylic acids is 1. The van der Waals surface area contributed by atoms with E-state index in [2.05, 4.69) is 58.8 Å². The van der Waals surface area contributed by atoms with Crippen LogP contribution in [0.25, 0.3) is 0 Å². The van der Waals surface area contributed by atoms with E-state index in [1.54, 1.807) is 0 Å². The van der Waals surface area contributed by atoms with Crippen molar-refractivity contribution in [2.75, 3.05) is 7.05 Å². The van der Waals surface area contributed by atoms with Crippen molar-refractivity contribution in [3.63, 3.8) is 0 Å². The Kier molecular flexibility index (Phi) is 6.36. The van der Waals surface area contributed by atoms with E-state index >= 15 is 0 Å². The molecule has 0 amide bonds. The Hall–Kier alpha value is -0.330. The lowest BCUT2D eigenvalue weighted by Crippen LogP contribution is -2.49. The van der Waals surface area contributed by atoms with E-state index in [-0.39, 0.29) is 36.3 Å². The lowest BCUT2D eigenvalue weighted by atomic mass is 9.76. The van der Waals surface area contributed by atoms with Crippen LogP contribution in [0.3, 0.4) is 0 Å². The molecule has 4 unspecified atom stereocenters. The molecule has 4 atom stereocenters. The third-order valence-corrected chi connectivity index (χ3v) is 5.91. The number of rotatable bonds is 3. The first-order valence-corrected chi connectivity index (χ1v) is 9.23. The highest BCUT2D eigenvalue weighted by Crippen LogP contribution is 2.46. The number of esters is 1. The van der Waals surface area contributed by atoms with Crippen molar-refractivity contribution in [3.8, 4) is 0 Å². The first-order valence-electron chi connectivity index (χ1n) is 8.15. The third kappa shape index (κ3) is 3.85. The zero-order valence-corrected chi connectivity index (χ0v) is 16.8. The summed E-state index contributed by atoms with van der Waals surface area (Å²) in [6.07, 6.45) is 3.33. The minimum absolute atomic E-state index is 0. The van der Waals surface area contributed by atoms with Crippen LogP contribution >= 0.6 is 35.0 Å². The van der Waals surface area contributed by atoms with Gasteiger partial charge in [-0.3, -0.25) is 9.69 Å². The number of halogens is 2. The highest BCUT2D eigenvalue weighted by Gasteiger charge is 2.49. The van der Waals surface area contributed by atoms with Gasteiger partial charge in [0.25, 0.3) is 0 Å². The Morgan fingerprint density at radius 2 is 1.91 bits per heavy atom. The molecule has 1 aromatic carbocycles. The molecule has 128 valence electrons. The van der Waals surface area contributed by atoms with Crippen LogP contribution in [0.5, 0.6) is 0 Å². The van der Waals surface area contributed by atoms with Gasteiger partial charge in [0.05, 0.1) is 12.0 Å². The summed E-state index contributed by atoms with van der Waals surface area (Å²) in [5.74, 6) is 0.235. The molecule has 2 saturated heterocycles. The molecule has 3 rings (SSSR count). The van der Waals surface area contributed by atoms with Crippen LogP contribution in [0.15, 0.2) is 24.3 Å². The standard InChI is InChI=1S/C18H24INO2.ClH/c1-11(2)22-18(21)17-15(12-4-6-13(19)7-5-12)10-14-8-9-16(17)20(14)3;/h4-7,11,14-17H,8-10H2,1-3H3;1H. The fourth-order valence-corrected chi connectivity index (χ4v) is 4.51. The van der Waals surface area contributed by atoms with Crippen LogP contribution in [0.2, 0.25) is 0 Å². The molecule has 23 heavy (non-hydrogen) atoms. The van der Waals surface area contributed by atoms with Gasteiger partial charge in [-0.1, -0.05) is 12.1 Å². The molecule has 0 saturated carbocycles. The average molecular weight is 450 g/mol. The molecule has 2 aliphatic rings. The van der Waals surface area contributed by atoms with E-state index in [0.717, 1.165) is 12.8 Å². The Bertz CT molecular complexity index is 548. The molecule has 0 radical (unpaired) electrons. The summed E-state index contributed by atoms with van der Waals surface area (Å²) in [7, 11) is 2.17. The fourth-order valence-electron chi connectivity index (χ4n) is 4.15. The lowest BCUT2D eigenvalue weighted by Gasteiger charge is -2.42. The second kappa shape index (κ2) is 7.70. The van der Waals surface area contributed by atoms with Crippen molar-refractivity contribution in [2.24, 2.45) is 5.92 Å². The van der Waals surface area contributed by atoms with Gasteiger partial charge in [-0.05, 0) is 80.4 Å². The van der Waals surface area contributed by atoms with E-state index in [0.29, 0.717) is 12.1 Å². The van der Waals surface area contributed by atoms with Gasteiger partial charge < -0.3 is 4.74 Å². The molecule has 5 heteroatoms. The quantitative estimate of drug-likeness (QED) is 0.511. The van der Waals surface area contributed by atoms with Crippen LogP contribution < -0.4 is 0 Å². The minimum atomic E-state index is -0.0469. The number of hydrogen-bond acceptors (Lipinski definition) is 3. The van der Waals surface area contributed by atoms with E-state index in [4.69, 9.17) is 4.74 Å². The van der Waals surface area contributed by atoms with E-state index in [9.17, 15) is 4.79 Å². The van der Waals surface area contributed by atoms with Crippen molar-refractivity contribution < 1.29 is 9.53 Å². The van der Waals surface area contributed by atoms with Gasteiger partial charge in [-0.15, -0.1) is 12.4 Å². The maximum Gasteiger partial charge on any atom is 0.311 e. The van der Waals surface area contributed by atoms with Crippen LogP contribution in [-0.2, 0) is 9.53 Å². The normalized spacial score (nSPS) is 30.1. The van der Waals surface area contributed by atoms with Gasteiger partial charge in [-0.2, -0.15) is 0 Å². The summed E-state index contributed by atoms with van der Waals surface area (Å²) in [6, 6.07) is 9.59. The summed E-state index contributed by atoms with van der Waals surface area (Å²) in [4.78, 5) is 15.2. The molecule has 2 heterocycles. The Morgan fingerprint density at radius 3 is 2.52 bits per heavy atom. The van der Waals surface area contributed by atoms with Crippen molar-refractivity contribution in [2.45, 2.75) is 57.2 Å². The van der Waals surface area contributed by atoms with Crippen molar-refractivity contribution in [1.29, 1.82) is 0 Å². The molecule has 2 bridgehead atoms. The van der Waals surface area contributed by atoms with Crippen LogP contribution in [0.4, 0.5) is 0 Å². The first kappa shape index (κ1) is 19.0. The molecule has 2 fully saturated rings. The zero-order valence-electron chi connectivity index (χ0n) is 13.9. The summed E-state index contributed by atoms with van der Waals surface area (Å²) in [6.45, 7) is 3.86. The second-order valence-corrected chi connectivity index (χ2v) is 8.11. The van der Waals surface area contributed by atoms with Crippen LogP contribution in [-0.4, -0.2) is 36.1 Å². The highest BCUT2D eigenvalue weighted by atomic mass is 127. The number of piperidine rings is 1. The Balaban J connectivity index is 0.00000192. The molecular formula is C18H25ClINO2. The summed E-state index contributed by atoms with van der Waals surface area (Å²) in [5, 5.41) is 0. The predicted molar refractivity (Wildman–Crippen MR) is 103 cm³/mol. The van der Waals surface area contributed by atoms with Gasteiger partial charge in [0.2, 0.25) is 0 Å². The molecule has 0 spiro atoms. The zero-order chi connectivity index (χ0) is 15.9. The number of fused-ring (bicyclic) bond motifs is 2. The lowest BCUT2D eigenvalue weighted by molar-refractivity contribution is -0.157. The number of ether oxygens (including phenoxy) is 1. The number of benzene rings is 1. The SMILES string of the molecule is CC(C)OC(=O)C1C(c2ccc(I)cc2)CC2CCC1N2C.Cl. The monoisotopic (exact) mass is 449 g/mol. The molecular weight excluding hydrogens is 425 g/mol. The van der Waals surface area contributed by atoms with Gasteiger partial charge in [0, 0.05) is 21.6 Å². The Labute approximate surface area is 158 Å².